The SMILES string of the molecule is CN=C(NCCCc1ccccc1)NCCCc1nc(C)cs1.I. The highest BCUT2D eigenvalue weighted by molar-refractivity contribution is 14.0. The average Bonchev–Trinajstić information content (AvgIpc) is 2.99. The number of aryl methyl sites for hydroxylation is 3. The van der Waals surface area contributed by atoms with Gasteiger partial charge in [0, 0.05) is 37.6 Å². The molecule has 1 aromatic carbocycles. The van der Waals surface area contributed by atoms with Gasteiger partial charge in [0.05, 0.1) is 5.01 Å². The molecule has 6 heteroatoms. The number of nitrogens with one attached hydrogen (secondary N) is 2. The maximum Gasteiger partial charge on any atom is 0.190 e. The summed E-state index contributed by atoms with van der Waals surface area (Å²) in [4.78, 5) is 8.74. The highest BCUT2D eigenvalue weighted by atomic mass is 127. The average molecular weight is 458 g/mol. The number of aromatic nitrogens is 1. The Labute approximate surface area is 166 Å². The van der Waals surface area contributed by atoms with Crippen LogP contribution in [0.3, 0.4) is 0 Å². The normalized spacial score (nSPS) is 11.0. The van der Waals surface area contributed by atoms with E-state index in [-0.39, 0.29) is 24.0 Å². The van der Waals surface area contributed by atoms with E-state index in [1.807, 2.05) is 14.0 Å². The predicted octanol–water partition coefficient (Wildman–Crippen LogP) is 3.80. The number of nitrogens with zero attached hydrogens (tertiary/aromatic N) is 2. The lowest BCUT2D eigenvalue weighted by Gasteiger charge is -2.11. The van der Waals surface area contributed by atoms with E-state index >= 15 is 0 Å². The summed E-state index contributed by atoms with van der Waals surface area (Å²) in [6.07, 6.45) is 4.28. The largest absolute Gasteiger partial charge is 0.356 e. The predicted molar refractivity (Wildman–Crippen MR) is 115 cm³/mol. The van der Waals surface area contributed by atoms with Crippen molar-refractivity contribution < 1.29 is 0 Å². The van der Waals surface area contributed by atoms with E-state index in [9.17, 15) is 0 Å². The Kier molecular flexibility index (Phi) is 10.7. The maximum absolute atomic E-state index is 4.48. The van der Waals surface area contributed by atoms with Crippen molar-refractivity contribution in [2.24, 2.45) is 4.99 Å². The Bertz CT molecular complexity index is 598. The molecule has 0 amide bonds. The Morgan fingerprint density at radius 3 is 2.33 bits per heavy atom. The van der Waals surface area contributed by atoms with Crippen LogP contribution in [0, 0.1) is 6.92 Å². The van der Waals surface area contributed by atoms with E-state index in [4.69, 9.17) is 0 Å². The van der Waals surface area contributed by atoms with Crippen LogP contribution in [0.5, 0.6) is 0 Å². The molecule has 1 aromatic heterocycles. The van der Waals surface area contributed by atoms with E-state index in [1.54, 1.807) is 11.3 Å². The standard InChI is InChI=1S/C18H26N4S.HI/c1-15-14-23-17(22-15)11-7-13-21-18(19-2)20-12-6-10-16-8-4-3-5-9-16;/h3-5,8-9,14H,6-7,10-13H2,1-2H3,(H2,19,20,21);1H. The van der Waals surface area contributed by atoms with Crippen molar-refractivity contribution in [1.29, 1.82) is 0 Å². The van der Waals surface area contributed by atoms with Crippen LogP contribution in [0.15, 0.2) is 40.7 Å². The van der Waals surface area contributed by atoms with Crippen molar-refractivity contribution >= 4 is 41.3 Å². The van der Waals surface area contributed by atoms with Gasteiger partial charge in [-0.05, 0) is 31.7 Å². The van der Waals surface area contributed by atoms with Gasteiger partial charge in [0.2, 0.25) is 0 Å². The molecule has 0 bridgehead atoms. The topological polar surface area (TPSA) is 49.3 Å². The summed E-state index contributed by atoms with van der Waals surface area (Å²) in [7, 11) is 1.82. The van der Waals surface area contributed by atoms with Crippen LogP contribution < -0.4 is 10.6 Å². The van der Waals surface area contributed by atoms with Crippen molar-refractivity contribution in [2.45, 2.75) is 32.6 Å². The van der Waals surface area contributed by atoms with Crippen LogP contribution in [0.4, 0.5) is 0 Å². The number of thiazole rings is 1. The number of aliphatic imine (C=N–C) groups is 1. The molecule has 4 nitrogen and oxygen atoms in total. The number of halogens is 1. The summed E-state index contributed by atoms with van der Waals surface area (Å²) >= 11 is 1.74. The zero-order valence-corrected chi connectivity index (χ0v) is 17.6. The highest BCUT2D eigenvalue weighted by Crippen LogP contribution is 2.10. The first-order valence-corrected chi connectivity index (χ1v) is 9.05. The molecule has 0 atom stereocenters. The molecule has 2 N–H and O–H groups in total. The number of hydrogen-bond donors (Lipinski definition) is 2. The smallest absolute Gasteiger partial charge is 0.190 e. The molecule has 0 saturated carbocycles. The Morgan fingerprint density at radius 1 is 1.08 bits per heavy atom. The molecule has 0 aliphatic heterocycles. The monoisotopic (exact) mass is 458 g/mol. The van der Waals surface area contributed by atoms with Gasteiger partial charge >= 0.3 is 0 Å². The summed E-state index contributed by atoms with van der Waals surface area (Å²) in [6, 6.07) is 10.6. The summed E-state index contributed by atoms with van der Waals surface area (Å²) < 4.78 is 0. The van der Waals surface area contributed by atoms with E-state index in [0.717, 1.165) is 50.4 Å². The molecule has 2 rings (SSSR count). The maximum atomic E-state index is 4.48. The number of benzene rings is 1. The minimum atomic E-state index is 0. The number of guanidine groups is 1. The third kappa shape index (κ3) is 8.10. The summed E-state index contributed by atoms with van der Waals surface area (Å²) in [6.45, 7) is 3.89. The van der Waals surface area contributed by atoms with E-state index in [1.165, 1.54) is 10.6 Å². The van der Waals surface area contributed by atoms with E-state index < -0.39 is 0 Å². The molecule has 0 aliphatic carbocycles. The highest BCUT2D eigenvalue weighted by Gasteiger charge is 2.00. The lowest BCUT2D eigenvalue weighted by molar-refractivity contribution is 0.716. The molecule has 0 fully saturated rings. The zero-order valence-electron chi connectivity index (χ0n) is 14.4. The first kappa shape index (κ1) is 20.9. The molecule has 0 aliphatic rings. The first-order valence-electron chi connectivity index (χ1n) is 8.17. The summed E-state index contributed by atoms with van der Waals surface area (Å²) in [5, 5.41) is 10.1. The van der Waals surface area contributed by atoms with Gasteiger partial charge in [0.15, 0.2) is 5.96 Å². The van der Waals surface area contributed by atoms with Crippen LogP contribution >= 0.6 is 35.3 Å². The lowest BCUT2D eigenvalue weighted by Crippen LogP contribution is -2.38. The van der Waals surface area contributed by atoms with Gasteiger partial charge in [-0.2, -0.15) is 0 Å². The summed E-state index contributed by atoms with van der Waals surface area (Å²) in [5.41, 5.74) is 2.50. The van der Waals surface area contributed by atoms with Gasteiger partial charge in [-0.25, -0.2) is 4.98 Å². The zero-order chi connectivity index (χ0) is 16.3. The second-order valence-corrected chi connectivity index (χ2v) is 6.44. The van der Waals surface area contributed by atoms with E-state index in [2.05, 4.69) is 56.3 Å². The molecule has 0 unspecified atom stereocenters. The Balaban J connectivity index is 0.00000288. The molecule has 1 heterocycles. The molecule has 2 aromatic rings. The minimum absolute atomic E-state index is 0. The fourth-order valence-corrected chi connectivity index (χ4v) is 3.15. The summed E-state index contributed by atoms with van der Waals surface area (Å²) in [5.74, 6) is 0.883. The lowest BCUT2D eigenvalue weighted by atomic mass is 10.1. The second kappa shape index (κ2) is 12.2. The molecule has 132 valence electrons. The van der Waals surface area contributed by atoms with Gasteiger partial charge in [-0.1, -0.05) is 30.3 Å². The molecule has 0 radical (unpaired) electrons. The van der Waals surface area contributed by atoms with Crippen LogP contribution in [0.1, 0.15) is 29.1 Å². The molecule has 0 saturated heterocycles. The van der Waals surface area contributed by atoms with E-state index in [0.29, 0.717) is 0 Å². The van der Waals surface area contributed by atoms with Crippen molar-refractivity contribution in [1.82, 2.24) is 15.6 Å². The van der Waals surface area contributed by atoms with Gasteiger partial charge in [0.25, 0.3) is 0 Å². The number of rotatable bonds is 8. The van der Waals surface area contributed by atoms with Crippen LogP contribution in [-0.2, 0) is 12.8 Å². The third-order valence-corrected chi connectivity index (χ3v) is 4.55. The molecule has 24 heavy (non-hydrogen) atoms. The second-order valence-electron chi connectivity index (χ2n) is 5.50. The van der Waals surface area contributed by atoms with Crippen molar-refractivity contribution in [3.63, 3.8) is 0 Å². The fraction of sp³-hybridized carbons (Fsp3) is 0.444. The van der Waals surface area contributed by atoms with Gasteiger partial charge in [-0.3, -0.25) is 4.99 Å². The van der Waals surface area contributed by atoms with Gasteiger partial charge in [-0.15, -0.1) is 35.3 Å². The molecular weight excluding hydrogens is 431 g/mol. The molecular formula is C18H27IN4S. The minimum Gasteiger partial charge on any atom is -0.356 e. The van der Waals surface area contributed by atoms with Crippen LogP contribution in [0.25, 0.3) is 0 Å². The third-order valence-electron chi connectivity index (χ3n) is 3.53. The van der Waals surface area contributed by atoms with Crippen LogP contribution in [-0.4, -0.2) is 31.1 Å². The Hall–Kier alpha value is -1.15. The van der Waals surface area contributed by atoms with Crippen molar-refractivity contribution in [3.05, 3.63) is 52.0 Å². The van der Waals surface area contributed by atoms with Gasteiger partial charge < -0.3 is 10.6 Å². The van der Waals surface area contributed by atoms with Gasteiger partial charge in [0.1, 0.15) is 0 Å². The van der Waals surface area contributed by atoms with Crippen LogP contribution in [0.2, 0.25) is 0 Å². The fourth-order valence-electron chi connectivity index (χ4n) is 2.33. The quantitative estimate of drug-likeness (QED) is 0.274. The first-order chi connectivity index (χ1) is 11.3. The molecule has 0 spiro atoms. The van der Waals surface area contributed by atoms with Crippen molar-refractivity contribution in [2.75, 3.05) is 20.1 Å². The van der Waals surface area contributed by atoms with Crippen molar-refractivity contribution in [3.8, 4) is 0 Å². The Morgan fingerprint density at radius 2 is 1.75 bits per heavy atom. The number of hydrogen-bond acceptors (Lipinski definition) is 3.